The Kier molecular flexibility index (Phi) is 3.52. The molecule has 2 aliphatic rings. The highest BCUT2D eigenvalue weighted by atomic mass is 16.5. The van der Waals surface area contributed by atoms with Crippen molar-refractivity contribution in [2.75, 3.05) is 26.7 Å². The van der Waals surface area contributed by atoms with Gasteiger partial charge >= 0.3 is 0 Å². The number of likely N-dealkylation sites (N-methyl/N-ethyl adjacent to an activating group) is 1. The highest BCUT2D eigenvalue weighted by molar-refractivity contribution is 5.39. The van der Waals surface area contributed by atoms with Gasteiger partial charge in [-0.25, -0.2) is 0 Å². The summed E-state index contributed by atoms with van der Waals surface area (Å²) in [5, 5.41) is 3.58. The molecule has 0 aromatic heterocycles. The largest absolute Gasteiger partial charge is 0.493 e. The average Bonchev–Trinajstić information content (AvgIpc) is 2.98. The lowest BCUT2D eigenvalue weighted by molar-refractivity contribution is 0.300. The van der Waals surface area contributed by atoms with E-state index in [-0.39, 0.29) is 0 Å². The molecule has 0 saturated carbocycles. The van der Waals surface area contributed by atoms with Crippen molar-refractivity contribution in [2.45, 2.75) is 31.8 Å². The maximum atomic E-state index is 5.53. The quantitative estimate of drug-likeness (QED) is 0.877. The second kappa shape index (κ2) is 5.29. The third kappa shape index (κ3) is 2.52. The first-order valence-corrected chi connectivity index (χ1v) is 6.98. The summed E-state index contributed by atoms with van der Waals surface area (Å²) in [6, 6.07) is 7.30. The third-order valence-electron chi connectivity index (χ3n) is 4.13. The highest BCUT2D eigenvalue weighted by Gasteiger charge is 2.20. The lowest BCUT2D eigenvalue weighted by atomic mass is 10.1. The number of fused-ring (bicyclic) bond motifs is 1. The minimum atomic E-state index is 0.725. The van der Waals surface area contributed by atoms with E-state index in [0.717, 1.165) is 37.9 Å². The van der Waals surface area contributed by atoms with E-state index in [9.17, 15) is 0 Å². The van der Waals surface area contributed by atoms with Crippen LogP contribution in [0.1, 0.15) is 24.0 Å². The molecule has 1 N–H and O–H groups in total. The predicted molar refractivity (Wildman–Crippen MR) is 73.0 cm³/mol. The van der Waals surface area contributed by atoms with Gasteiger partial charge in [0.25, 0.3) is 0 Å². The zero-order valence-electron chi connectivity index (χ0n) is 11.1. The highest BCUT2D eigenvalue weighted by Crippen LogP contribution is 2.25. The van der Waals surface area contributed by atoms with Gasteiger partial charge in [-0.15, -0.1) is 0 Å². The monoisotopic (exact) mass is 246 g/mol. The fourth-order valence-electron chi connectivity index (χ4n) is 2.97. The maximum Gasteiger partial charge on any atom is 0.122 e. The molecule has 18 heavy (non-hydrogen) atoms. The molecule has 2 aliphatic heterocycles. The van der Waals surface area contributed by atoms with Crippen molar-refractivity contribution >= 4 is 0 Å². The Labute approximate surface area is 109 Å². The summed E-state index contributed by atoms with van der Waals surface area (Å²) in [7, 11) is 2.23. The van der Waals surface area contributed by atoms with Crippen molar-refractivity contribution in [3.63, 3.8) is 0 Å². The molecule has 2 heterocycles. The first-order chi connectivity index (χ1) is 8.83. The van der Waals surface area contributed by atoms with E-state index in [1.807, 2.05) is 0 Å². The van der Waals surface area contributed by atoms with Crippen molar-refractivity contribution in [1.29, 1.82) is 0 Å². The fourth-order valence-corrected chi connectivity index (χ4v) is 2.97. The number of likely N-dealkylation sites (tertiary alicyclic amines) is 1. The molecular formula is C15H22N2O. The van der Waals surface area contributed by atoms with Crippen molar-refractivity contribution in [2.24, 2.45) is 0 Å². The van der Waals surface area contributed by atoms with E-state index in [4.69, 9.17) is 4.74 Å². The molecule has 3 rings (SSSR count). The summed E-state index contributed by atoms with van der Waals surface area (Å²) in [5.74, 6) is 1.08. The van der Waals surface area contributed by atoms with E-state index in [2.05, 4.69) is 35.5 Å². The van der Waals surface area contributed by atoms with Gasteiger partial charge in [-0.1, -0.05) is 12.1 Å². The first kappa shape index (κ1) is 12.0. The molecule has 0 aliphatic carbocycles. The molecule has 1 aromatic rings. The van der Waals surface area contributed by atoms with Gasteiger partial charge in [0.05, 0.1) is 6.61 Å². The second-order valence-electron chi connectivity index (χ2n) is 5.45. The normalized spacial score (nSPS) is 23.1. The Hall–Kier alpha value is -1.06. The van der Waals surface area contributed by atoms with Gasteiger partial charge < -0.3 is 15.0 Å². The zero-order chi connectivity index (χ0) is 12.4. The predicted octanol–water partition coefficient (Wildman–Crippen LogP) is 1.81. The number of nitrogens with one attached hydrogen (secondary N) is 1. The minimum absolute atomic E-state index is 0.725. The lowest BCUT2D eigenvalue weighted by Gasteiger charge is -2.19. The van der Waals surface area contributed by atoms with Gasteiger partial charge in [0.15, 0.2) is 0 Å². The number of hydrogen-bond donors (Lipinski definition) is 1. The van der Waals surface area contributed by atoms with Crippen LogP contribution >= 0.6 is 0 Å². The molecule has 1 saturated heterocycles. The van der Waals surface area contributed by atoms with Crippen molar-refractivity contribution in [3.05, 3.63) is 29.3 Å². The molecule has 1 unspecified atom stereocenters. The Morgan fingerprint density at radius 2 is 2.39 bits per heavy atom. The van der Waals surface area contributed by atoms with E-state index in [1.165, 1.54) is 30.5 Å². The van der Waals surface area contributed by atoms with E-state index < -0.39 is 0 Å². The first-order valence-electron chi connectivity index (χ1n) is 6.98. The molecule has 1 fully saturated rings. The molecule has 1 aromatic carbocycles. The number of benzene rings is 1. The van der Waals surface area contributed by atoms with Crippen LogP contribution < -0.4 is 10.1 Å². The van der Waals surface area contributed by atoms with Crippen LogP contribution in [0.4, 0.5) is 0 Å². The van der Waals surface area contributed by atoms with Gasteiger partial charge in [-0.3, -0.25) is 0 Å². The summed E-state index contributed by atoms with van der Waals surface area (Å²) in [5.41, 5.74) is 2.74. The molecule has 98 valence electrons. The summed E-state index contributed by atoms with van der Waals surface area (Å²) < 4.78 is 5.53. The Bertz CT molecular complexity index is 419. The molecule has 0 radical (unpaired) electrons. The van der Waals surface area contributed by atoms with Gasteiger partial charge in [-0.05, 0) is 43.6 Å². The van der Waals surface area contributed by atoms with Gasteiger partial charge in [0, 0.05) is 25.6 Å². The Balaban J connectivity index is 1.51. The molecule has 0 bridgehead atoms. The number of rotatable bonds is 4. The zero-order valence-corrected chi connectivity index (χ0v) is 11.1. The lowest BCUT2D eigenvalue weighted by Crippen LogP contribution is -2.35. The smallest absolute Gasteiger partial charge is 0.122 e. The van der Waals surface area contributed by atoms with Crippen molar-refractivity contribution < 1.29 is 4.74 Å². The molecule has 1 atom stereocenters. The summed E-state index contributed by atoms with van der Waals surface area (Å²) in [4.78, 5) is 2.46. The van der Waals surface area contributed by atoms with Crippen LogP contribution in [0.15, 0.2) is 18.2 Å². The molecule has 3 nitrogen and oxygen atoms in total. The van der Waals surface area contributed by atoms with E-state index >= 15 is 0 Å². The summed E-state index contributed by atoms with van der Waals surface area (Å²) in [6.07, 6.45) is 3.75. The number of nitrogens with zero attached hydrogens (tertiary/aromatic N) is 1. The molecular weight excluding hydrogens is 224 g/mol. The van der Waals surface area contributed by atoms with Gasteiger partial charge in [0.1, 0.15) is 5.75 Å². The van der Waals surface area contributed by atoms with Crippen molar-refractivity contribution in [3.8, 4) is 5.75 Å². The van der Waals surface area contributed by atoms with Crippen molar-refractivity contribution in [1.82, 2.24) is 10.2 Å². The van der Waals surface area contributed by atoms with E-state index in [0.29, 0.717) is 0 Å². The Morgan fingerprint density at radius 1 is 1.44 bits per heavy atom. The van der Waals surface area contributed by atoms with Gasteiger partial charge in [0.2, 0.25) is 0 Å². The summed E-state index contributed by atoms with van der Waals surface area (Å²) in [6.45, 7) is 4.17. The standard InChI is InChI=1S/C15H22N2O/c1-17-7-2-3-14(17)11-16-10-12-4-5-15-13(9-12)6-8-18-15/h4-5,9,14,16H,2-3,6-8,10-11H2,1H3. The second-order valence-corrected chi connectivity index (χ2v) is 5.45. The van der Waals surface area contributed by atoms with Crippen LogP contribution in [-0.4, -0.2) is 37.7 Å². The maximum absolute atomic E-state index is 5.53. The minimum Gasteiger partial charge on any atom is -0.493 e. The topological polar surface area (TPSA) is 24.5 Å². The molecule has 3 heteroatoms. The SMILES string of the molecule is CN1CCCC1CNCc1ccc2c(c1)CCO2. The van der Waals surface area contributed by atoms with Gasteiger partial charge in [-0.2, -0.15) is 0 Å². The van der Waals surface area contributed by atoms with Crippen LogP contribution in [0.5, 0.6) is 5.75 Å². The third-order valence-corrected chi connectivity index (χ3v) is 4.13. The van der Waals surface area contributed by atoms with E-state index in [1.54, 1.807) is 0 Å². The fraction of sp³-hybridized carbons (Fsp3) is 0.600. The molecule has 0 amide bonds. The van der Waals surface area contributed by atoms with Crippen LogP contribution in [0.3, 0.4) is 0 Å². The average molecular weight is 246 g/mol. The van der Waals surface area contributed by atoms with Crippen LogP contribution in [0.25, 0.3) is 0 Å². The number of hydrogen-bond acceptors (Lipinski definition) is 3. The Morgan fingerprint density at radius 3 is 3.22 bits per heavy atom. The summed E-state index contributed by atoms with van der Waals surface area (Å²) >= 11 is 0. The molecule has 0 spiro atoms. The van der Waals surface area contributed by atoms with Crippen LogP contribution in [-0.2, 0) is 13.0 Å². The van der Waals surface area contributed by atoms with Crippen LogP contribution in [0, 0.1) is 0 Å². The number of ether oxygens (including phenoxy) is 1. The van der Waals surface area contributed by atoms with Crippen LogP contribution in [0.2, 0.25) is 0 Å².